The maximum Gasteiger partial charge on any atom is 0.123 e. The molecule has 0 heterocycles. The topological polar surface area (TPSA) is 21.3 Å². The molecule has 0 saturated carbocycles. The van der Waals surface area contributed by atoms with E-state index >= 15 is 0 Å². The van der Waals surface area contributed by atoms with Crippen molar-refractivity contribution in [3.05, 3.63) is 63.9 Å². The maximum atomic E-state index is 13.5. The lowest BCUT2D eigenvalue weighted by Crippen LogP contribution is -2.18. The van der Waals surface area contributed by atoms with Crippen LogP contribution in [0.3, 0.4) is 0 Å². The van der Waals surface area contributed by atoms with Crippen molar-refractivity contribution in [3.63, 3.8) is 0 Å². The van der Waals surface area contributed by atoms with Gasteiger partial charge >= 0.3 is 0 Å². The van der Waals surface area contributed by atoms with Gasteiger partial charge < -0.3 is 10.1 Å². The summed E-state index contributed by atoms with van der Waals surface area (Å²) in [6.07, 6.45) is 0. The zero-order chi connectivity index (χ0) is 14.5. The quantitative estimate of drug-likeness (QED) is 0.878. The Labute approximate surface area is 127 Å². The summed E-state index contributed by atoms with van der Waals surface area (Å²) in [5, 5.41) is 3.22. The van der Waals surface area contributed by atoms with E-state index < -0.39 is 0 Å². The van der Waals surface area contributed by atoms with Crippen molar-refractivity contribution in [2.24, 2.45) is 0 Å². The highest BCUT2D eigenvalue weighted by molar-refractivity contribution is 9.10. The molecule has 0 amide bonds. The van der Waals surface area contributed by atoms with Gasteiger partial charge in [-0.05, 0) is 55.4 Å². The van der Waals surface area contributed by atoms with Gasteiger partial charge in [0.05, 0.1) is 12.6 Å². The second kappa shape index (κ2) is 6.86. The van der Waals surface area contributed by atoms with Crippen molar-refractivity contribution in [2.75, 3.05) is 13.7 Å². The summed E-state index contributed by atoms with van der Waals surface area (Å²) in [5.74, 6) is 0.571. The molecule has 106 valence electrons. The van der Waals surface area contributed by atoms with Crippen LogP contribution in [0.15, 0.2) is 46.9 Å². The molecule has 0 aliphatic carbocycles. The number of rotatable bonds is 5. The number of ether oxygens (including phenoxy) is 1. The Morgan fingerprint density at radius 1 is 1.25 bits per heavy atom. The highest BCUT2D eigenvalue weighted by Crippen LogP contribution is 2.30. The SMILES string of the molecule is CCOc1cccc(C(NC)c2cc(F)ccc2Br)c1. The van der Waals surface area contributed by atoms with Gasteiger partial charge in [-0.25, -0.2) is 4.39 Å². The molecule has 2 nitrogen and oxygen atoms in total. The van der Waals surface area contributed by atoms with Crippen LogP contribution in [0.1, 0.15) is 24.1 Å². The van der Waals surface area contributed by atoms with E-state index in [9.17, 15) is 4.39 Å². The van der Waals surface area contributed by atoms with E-state index in [0.717, 1.165) is 21.3 Å². The fourth-order valence-electron chi connectivity index (χ4n) is 2.19. The zero-order valence-corrected chi connectivity index (χ0v) is 13.1. The molecule has 0 radical (unpaired) electrons. The van der Waals surface area contributed by atoms with Crippen molar-refractivity contribution in [3.8, 4) is 5.75 Å². The van der Waals surface area contributed by atoms with Crippen LogP contribution in [0.25, 0.3) is 0 Å². The number of hydrogen-bond acceptors (Lipinski definition) is 2. The molecule has 1 N–H and O–H groups in total. The van der Waals surface area contributed by atoms with E-state index in [0.29, 0.717) is 6.61 Å². The van der Waals surface area contributed by atoms with Gasteiger partial charge in [0.2, 0.25) is 0 Å². The van der Waals surface area contributed by atoms with Crippen molar-refractivity contribution in [1.29, 1.82) is 0 Å². The van der Waals surface area contributed by atoms with Crippen molar-refractivity contribution >= 4 is 15.9 Å². The van der Waals surface area contributed by atoms with E-state index in [2.05, 4.69) is 21.2 Å². The molecule has 0 aromatic heterocycles. The minimum Gasteiger partial charge on any atom is -0.494 e. The van der Waals surface area contributed by atoms with E-state index in [1.807, 2.05) is 38.2 Å². The Hall–Kier alpha value is -1.39. The van der Waals surface area contributed by atoms with Crippen LogP contribution in [0.4, 0.5) is 4.39 Å². The average Bonchev–Trinajstić information content (AvgIpc) is 2.44. The van der Waals surface area contributed by atoms with Crippen LogP contribution < -0.4 is 10.1 Å². The van der Waals surface area contributed by atoms with Gasteiger partial charge in [0, 0.05) is 4.47 Å². The second-order valence-corrected chi connectivity index (χ2v) is 5.25. The van der Waals surface area contributed by atoms with Crippen LogP contribution in [0.2, 0.25) is 0 Å². The predicted octanol–water partition coefficient (Wildman–Crippen LogP) is 4.30. The molecule has 1 atom stereocenters. The molecule has 0 aliphatic heterocycles. The van der Waals surface area contributed by atoms with Crippen LogP contribution in [-0.2, 0) is 0 Å². The third kappa shape index (κ3) is 3.38. The van der Waals surface area contributed by atoms with E-state index in [1.165, 1.54) is 6.07 Å². The number of nitrogens with one attached hydrogen (secondary N) is 1. The largest absolute Gasteiger partial charge is 0.494 e. The van der Waals surface area contributed by atoms with Crippen LogP contribution in [0, 0.1) is 5.82 Å². The van der Waals surface area contributed by atoms with Crippen molar-refractivity contribution < 1.29 is 9.13 Å². The van der Waals surface area contributed by atoms with E-state index in [1.54, 1.807) is 12.1 Å². The molecule has 2 rings (SSSR count). The standard InChI is InChI=1S/C16H17BrFNO/c1-3-20-13-6-4-5-11(9-13)16(19-2)14-10-12(18)7-8-15(14)17/h4-10,16,19H,3H2,1-2H3. The molecule has 0 fully saturated rings. The Kier molecular flexibility index (Phi) is 5.15. The smallest absolute Gasteiger partial charge is 0.123 e. The van der Waals surface area contributed by atoms with Crippen molar-refractivity contribution in [1.82, 2.24) is 5.32 Å². The highest BCUT2D eigenvalue weighted by Gasteiger charge is 2.16. The fraction of sp³-hybridized carbons (Fsp3) is 0.250. The third-order valence-corrected chi connectivity index (χ3v) is 3.78. The Balaban J connectivity index is 2.41. The summed E-state index contributed by atoms with van der Waals surface area (Å²) in [4.78, 5) is 0. The van der Waals surface area contributed by atoms with Crippen LogP contribution in [0.5, 0.6) is 5.75 Å². The lowest BCUT2D eigenvalue weighted by atomic mass is 9.98. The second-order valence-electron chi connectivity index (χ2n) is 4.39. The molecule has 2 aromatic rings. The number of hydrogen-bond donors (Lipinski definition) is 1. The molecule has 2 aromatic carbocycles. The Morgan fingerprint density at radius 3 is 2.75 bits per heavy atom. The zero-order valence-electron chi connectivity index (χ0n) is 11.5. The van der Waals surface area contributed by atoms with Gasteiger partial charge in [-0.3, -0.25) is 0 Å². The molecule has 0 aliphatic rings. The molecule has 0 bridgehead atoms. The lowest BCUT2D eigenvalue weighted by Gasteiger charge is -2.19. The molecule has 0 spiro atoms. The third-order valence-electron chi connectivity index (χ3n) is 3.06. The fourth-order valence-corrected chi connectivity index (χ4v) is 2.66. The van der Waals surface area contributed by atoms with Gasteiger partial charge in [0.1, 0.15) is 11.6 Å². The molecule has 0 saturated heterocycles. The summed E-state index contributed by atoms with van der Waals surface area (Å²) < 4.78 is 19.9. The van der Waals surface area contributed by atoms with E-state index in [4.69, 9.17) is 4.74 Å². The molecular formula is C16H17BrFNO. The first kappa shape index (κ1) is 15.0. The maximum absolute atomic E-state index is 13.5. The Bertz CT molecular complexity index is 588. The number of benzene rings is 2. The van der Waals surface area contributed by atoms with E-state index in [-0.39, 0.29) is 11.9 Å². The van der Waals surface area contributed by atoms with Crippen LogP contribution >= 0.6 is 15.9 Å². The number of halogens is 2. The van der Waals surface area contributed by atoms with Gasteiger partial charge in [0.15, 0.2) is 0 Å². The van der Waals surface area contributed by atoms with Gasteiger partial charge in [-0.1, -0.05) is 28.1 Å². The van der Waals surface area contributed by atoms with Crippen molar-refractivity contribution in [2.45, 2.75) is 13.0 Å². The summed E-state index contributed by atoms with van der Waals surface area (Å²) in [6.45, 7) is 2.57. The monoisotopic (exact) mass is 337 g/mol. The first-order valence-corrected chi connectivity index (χ1v) is 7.30. The Morgan fingerprint density at radius 2 is 2.05 bits per heavy atom. The highest BCUT2D eigenvalue weighted by atomic mass is 79.9. The first-order valence-electron chi connectivity index (χ1n) is 6.50. The van der Waals surface area contributed by atoms with Gasteiger partial charge in [-0.2, -0.15) is 0 Å². The predicted molar refractivity (Wildman–Crippen MR) is 82.6 cm³/mol. The first-order chi connectivity index (χ1) is 9.65. The van der Waals surface area contributed by atoms with Gasteiger partial charge in [-0.15, -0.1) is 0 Å². The van der Waals surface area contributed by atoms with Crippen LogP contribution in [-0.4, -0.2) is 13.7 Å². The molecule has 1 unspecified atom stereocenters. The van der Waals surface area contributed by atoms with Gasteiger partial charge in [0.25, 0.3) is 0 Å². The average molecular weight is 338 g/mol. The minimum absolute atomic E-state index is 0.0968. The molecule has 20 heavy (non-hydrogen) atoms. The summed E-state index contributed by atoms with van der Waals surface area (Å²) in [6, 6.07) is 12.4. The summed E-state index contributed by atoms with van der Waals surface area (Å²) in [5.41, 5.74) is 1.89. The summed E-state index contributed by atoms with van der Waals surface area (Å²) >= 11 is 3.48. The lowest BCUT2D eigenvalue weighted by molar-refractivity contribution is 0.339. The summed E-state index contributed by atoms with van der Waals surface area (Å²) in [7, 11) is 1.86. The molecular weight excluding hydrogens is 321 g/mol. The minimum atomic E-state index is -0.246. The normalized spacial score (nSPS) is 12.2. The molecule has 4 heteroatoms.